The SMILES string of the molecule is Cc1ccc(S(=O)(F)=NC(=O)OC(C)(C)C)cc1. The van der Waals surface area contributed by atoms with Crippen LogP contribution in [0.15, 0.2) is 33.5 Å². The van der Waals surface area contributed by atoms with Crippen molar-refractivity contribution in [3.8, 4) is 0 Å². The Hall–Kier alpha value is -1.43. The van der Waals surface area contributed by atoms with E-state index in [1.807, 2.05) is 6.92 Å². The van der Waals surface area contributed by atoms with Gasteiger partial charge < -0.3 is 4.74 Å². The van der Waals surface area contributed by atoms with Crippen LogP contribution in [-0.2, 0) is 14.9 Å². The van der Waals surface area contributed by atoms with E-state index >= 15 is 0 Å². The van der Waals surface area contributed by atoms with Gasteiger partial charge in [-0.25, -0.2) is 9.00 Å². The van der Waals surface area contributed by atoms with E-state index in [9.17, 15) is 12.9 Å². The second-order valence-corrected chi connectivity index (χ2v) is 6.41. The van der Waals surface area contributed by atoms with E-state index in [1.54, 1.807) is 32.9 Å². The molecule has 0 saturated heterocycles. The molecule has 1 rings (SSSR count). The molecule has 1 unspecified atom stereocenters. The summed E-state index contributed by atoms with van der Waals surface area (Å²) < 4.78 is 33.3. The first-order valence-corrected chi connectivity index (χ1v) is 6.78. The maximum Gasteiger partial charge on any atom is 0.444 e. The van der Waals surface area contributed by atoms with Gasteiger partial charge in [0.25, 0.3) is 0 Å². The fraction of sp³-hybridized carbons (Fsp3) is 0.417. The third-order valence-electron chi connectivity index (χ3n) is 1.90. The zero-order chi connectivity index (χ0) is 14.0. The van der Waals surface area contributed by atoms with E-state index in [2.05, 4.69) is 4.36 Å². The van der Waals surface area contributed by atoms with Crippen molar-refractivity contribution in [2.75, 3.05) is 0 Å². The summed E-state index contributed by atoms with van der Waals surface area (Å²) >= 11 is 0. The Morgan fingerprint density at radius 3 is 2.22 bits per heavy atom. The molecule has 0 spiro atoms. The van der Waals surface area contributed by atoms with Gasteiger partial charge in [-0.1, -0.05) is 22.1 Å². The molecule has 0 radical (unpaired) electrons. The van der Waals surface area contributed by atoms with Crippen LogP contribution >= 0.6 is 0 Å². The Kier molecular flexibility index (Phi) is 4.11. The highest BCUT2D eigenvalue weighted by molar-refractivity contribution is 7.89. The minimum absolute atomic E-state index is 0.140. The topological polar surface area (TPSA) is 55.7 Å². The Morgan fingerprint density at radius 2 is 1.78 bits per heavy atom. The summed E-state index contributed by atoms with van der Waals surface area (Å²) in [4.78, 5) is 11.2. The lowest BCUT2D eigenvalue weighted by molar-refractivity contribution is 0.0607. The van der Waals surface area contributed by atoms with E-state index in [-0.39, 0.29) is 4.90 Å². The summed E-state index contributed by atoms with van der Waals surface area (Å²) in [6, 6.07) is 5.87. The van der Waals surface area contributed by atoms with Gasteiger partial charge in [-0.2, -0.15) is 0 Å². The number of benzene rings is 1. The number of hydrogen-bond donors (Lipinski definition) is 0. The monoisotopic (exact) mass is 273 g/mol. The van der Waals surface area contributed by atoms with Crippen molar-refractivity contribution in [1.29, 1.82) is 0 Å². The maximum atomic E-state index is 13.8. The zero-order valence-electron chi connectivity index (χ0n) is 10.8. The summed E-state index contributed by atoms with van der Waals surface area (Å²) in [5, 5.41) is 0. The van der Waals surface area contributed by atoms with Crippen molar-refractivity contribution in [2.45, 2.75) is 38.2 Å². The Morgan fingerprint density at radius 1 is 1.28 bits per heavy atom. The molecule has 18 heavy (non-hydrogen) atoms. The molecule has 0 saturated carbocycles. The average molecular weight is 273 g/mol. The van der Waals surface area contributed by atoms with Crippen LogP contribution in [0.1, 0.15) is 26.3 Å². The molecular weight excluding hydrogens is 257 g/mol. The van der Waals surface area contributed by atoms with Crippen molar-refractivity contribution in [1.82, 2.24) is 0 Å². The van der Waals surface area contributed by atoms with Gasteiger partial charge in [-0.15, -0.1) is 3.89 Å². The highest BCUT2D eigenvalue weighted by atomic mass is 32.3. The highest BCUT2D eigenvalue weighted by Gasteiger charge is 2.19. The number of halogens is 1. The Balaban J connectivity index is 3.03. The minimum atomic E-state index is -4.25. The van der Waals surface area contributed by atoms with Crippen LogP contribution in [0.5, 0.6) is 0 Å². The molecule has 6 heteroatoms. The van der Waals surface area contributed by atoms with Gasteiger partial charge in [0.05, 0.1) is 4.90 Å². The molecule has 0 fully saturated rings. The first kappa shape index (κ1) is 14.6. The molecule has 1 aromatic rings. The molecule has 0 aromatic heterocycles. The standard InChI is InChI=1S/C12H16FNO3S/c1-9-5-7-10(8-6-9)18(13,16)14-11(15)17-12(2,3)4/h5-8H,1-4H3. The van der Waals surface area contributed by atoms with Crippen LogP contribution in [-0.4, -0.2) is 15.9 Å². The maximum absolute atomic E-state index is 13.8. The van der Waals surface area contributed by atoms with E-state index < -0.39 is 21.8 Å². The van der Waals surface area contributed by atoms with Gasteiger partial charge in [0.1, 0.15) is 5.60 Å². The number of rotatable bonds is 1. The Labute approximate surface area is 107 Å². The van der Waals surface area contributed by atoms with Gasteiger partial charge in [0, 0.05) is 0 Å². The molecular formula is C12H16FNO3S. The number of carbonyl (C=O) groups excluding carboxylic acids is 1. The number of carbonyl (C=O) groups is 1. The third-order valence-corrected chi connectivity index (χ3v) is 3.13. The van der Waals surface area contributed by atoms with Crippen LogP contribution in [0, 0.1) is 6.92 Å². The molecule has 100 valence electrons. The van der Waals surface area contributed by atoms with Crippen molar-refractivity contribution in [3.05, 3.63) is 29.8 Å². The summed E-state index contributed by atoms with van der Waals surface area (Å²) in [6.45, 7) is 6.67. The van der Waals surface area contributed by atoms with Crippen LogP contribution in [0.2, 0.25) is 0 Å². The van der Waals surface area contributed by atoms with E-state index in [4.69, 9.17) is 4.74 Å². The smallest absolute Gasteiger partial charge is 0.442 e. The van der Waals surface area contributed by atoms with Crippen molar-refractivity contribution in [3.63, 3.8) is 0 Å². The first-order chi connectivity index (χ1) is 8.10. The molecule has 0 heterocycles. The van der Waals surface area contributed by atoms with Crippen LogP contribution in [0.4, 0.5) is 8.68 Å². The molecule has 0 aliphatic carbocycles. The first-order valence-electron chi connectivity index (χ1n) is 5.37. The summed E-state index contributed by atoms with van der Waals surface area (Å²) in [6.07, 6.45) is -1.17. The van der Waals surface area contributed by atoms with Crippen molar-refractivity contribution >= 4 is 16.2 Å². The van der Waals surface area contributed by atoms with Crippen molar-refractivity contribution in [2.24, 2.45) is 4.36 Å². The van der Waals surface area contributed by atoms with Crippen molar-refractivity contribution < 1.29 is 17.6 Å². The summed E-state index contributed by atoms with van der Waals surface area (Å²) in [7, 11) is -4.25. The van der Waals surface area contributed by atoms with Crippen LogP contribution < -0.4 is 0 Å². The highest BCUT2D eigenvalue weighted by Crippen LogP contribution is 2.17. The number of nitrogens with zero attached hydrogens (tertiary/aromatic N) is 1. The van der Waals surface area contributed by atoms with Gasteiger partial charge in [0.2, 0.25) is 10.1 Å². The molecule has 0 N–H and O–H groups in total. The number of amides is 1. The summed E-state index contributed by atoms with van der Waals surface area (Å²) in [5.41, 5.74) is 0.0924. The molecule has 4 nitrogen and oxygen atoms in total. The second kappa shape index (κ2) is 5.06. The van der Waals surface area contributed by atoms with E-state index in [0.29, 0.717) is 0 Å². The fourth-order valence-corrected chi connectivity index (χ4v) is 1.94. The molecule has 0 bridgehead atoms. The van der Waals surface area contributed by atoms with Gasteiger partial charge in [-0.05, 0) is 39.8 Å². The predicted octanol–water partition coefficient (Wildman–Crippen LogP) is 3.64. The molecule has 1 aromatic carbocycles. The molecule has 1 amide bonds. The Bertz CT molecular complexity index is 552. The summed E-state index contributed by atoms with van der Waals surface area (Å²) in [5.74, 6) is 0. The average Bonchev–Trinajstić information content (AvgIpc) is 2.13. The van der Waals surface area contributed by atoms with E-state index in [1.165, 1.54) is 12.1 Å². The lowest BCUT2D eigenvalue weighted by atomic mass is 10.2. The molecule has 1 atom stereocenters. The molecule has 0 aliphatic rings. The normalized spacial score (nSPS) is 14.7. The molecule has 0 aliphatic heterocycles. The van der Waals surface area contributed by atoms with Gasteiger partial charge in [0.15, 0.2) is 0 Å². The quantitative estimate of drug-likeness (QED) is 0.734. The van der Waals surface area contributed by atoms with Gasteiger partial charge >= 0.3 is 6.09 Å². The van der Waals surface area contributed by atoms with E-state index in [0.717, 1.165) is 5.56 Å². The number of hydrogen-bond acceptors (Lipinski definition) is 3. The van der Waals surface area contributed by atoms with Crippen LogP contribution in [0.25, 0.3) is 0 Å². The number of aryl methyl sites for hydroxylation is 1. The predicted molar refractivity (Wildman–Crippen MR) is 67.4 cm³/mol. The number of ether oxygens (including phenoxy) is 1. The fourth-order valence-electron chi connectivity index (χ4n) is 1.14. The van der Waals surface area contributed by atoms with Crippen LogP contribution in [0.3, 0.4) is 0 Å². The van der Waals surface area contributed by atoms with Gasteiger partial charge in [-0.3, -0.25) is 0 Å². The largest absolute Gasteiger partial charge is 0.444 e. The zero-order valence-corrected chi connectivity index (χ0v) is 11.6. The lowest BCUT2D eigenvalue weighted by Gasteiger charge is -2.17. The second-order valence-electron chi connectivity index (χ2n) is 4.84. The lowest BCUT2D eigenvalue weighted by Crippen LogP contribution is -2.22. The third kappa shape index (κ3) is 4.44. The minimum Gasteiger partial charge on any atom is -0.442 e.